The average molecular weight is 405 g/mol. The maximum absolute atomic E-state index is 11.8. The van der Waals surface area contributed by atoms with Crippen molar-refractivity contribution in [3.05, 3.63) is 64.1 Å². The van der Waals surface area contributed by atoms with Gasteiger partial charge in [0.05, 0.1) is 4.47 Å². The average Bonchev–Trinajstić information content (AvgIpc) is 2.58. The van der Waals surface area contributed by atoms with E-state index in [1.165, 1.54) is 0 Å². The van der Waals surface area contributed by atoms with Crippen LogP contribution in [0.3, 0.4) is 0 Å². The maximum atomic E-state index is 11.8. The fourth-order valence-electron chi connectivity index (χ4n) is 2.05. The Morgan fingerprint density at radius 1 is 1.04 bits per heavy atom. The van der Waals surface area contributed by atoms with Crippen LogP contribution in [-0.4, -0.2) is 18.4 Å². The van der Waals surface area contributed by atoms with Crippen LogP contribution in [0.1, 0.15) is 36.7 Å². The van der Waals surface area contributed by atoms with Crippen LogP contribution in [-0.2, 0) is 10.2 Å². The molecule has 25 heavy (non-hydrogen) atoms. The summed E-state index contributed by atoms with van der Waals surface area (Å²) in [5, 5.41) is 0. The number of nitrogens with one attached hydrogen (secondary N) is 2. The van der Waals surface area contributed by atoms with Gasteiger partial charge in [0.15, 0.2) is 6.61 Å². The lowest BCUT2D eigenvalue weighted by Crippen LogP contribution is -2.43. The summed E-state index contributed by atoms with van der Waals surface area (Å²) in [4.78, 5) is 23.7. The zero-order chi connectivity index (χ0) is 18.4. The van der Waals surface area contributed by atoms with Crippen molar-refractivity contribution in [3.63, 3.8) is 0 Å². The number of rotatable bonds is 4. The zero-order valence-electron chi connectivity index (χ0n) is 14.4. The van der Waals surface area contributed by atoms with E-state index in [-0.39, 0.29) is 17.9 Å². The SMILES string of the molecule is CC(C)(C)c1ccc(OCC(=O)NNC(=O)c2ccccc2)c(Br)c1. The van der Waals surface area contributed by atoms with E-state index >= 15 is 0 Å². The smallest absolute Gasteiger partial charge is 0.276 e. The molecule has 2 rings (SSSR count). The molecule has 2 N–H and O–H groups in total. The van der Waals surface area contributed by atoms with Gasteiger partial charge in [0.1, 0.15) is 5.75 Å². The van der Waals surface area contributed by atoms with E-state index in [0.29, 0.717) is 11.3 Å². The summed E-state index contributed by atoms with van der Waals surface area (Å²) in [6.45, 7) is 6.16. The van der Waals surface area contributed by atoms with Crippen LogP contribution in [0, 0.1) is 0 Å². The Morgan fingerprint density at radius 2 is 1.72 bits per heavy atom. The monoisotopic (exact) mass is 404 g/mol. The summed E-state index contributed by atoms with van der Waals surface area (Å²) in [7, 11) is 0. The Bertz CT molecular complexity index is 755. The second kappa shape index (κ2) is 8.16. The molecule has 0 spiro atoms. The van der Waals surface area contributed by atoms with Crippen LogP contribution >= 0.6 is 15.9 Å². The summed E-state index contributed by atoms with van der Waals surface area (Å²) < 4.78 is 6.27. The first-order valence-corrected chi connectivity index (χ1v) is 8.64. The Labute approximate surface area is 155 Å². The lowest BCUT2D eigenvalue weighted by atomic mass is 9.87. The largest absolute Gasteiger partial charge is 0.483 e. The van der Waals surface area contributed by atoms with Gasteiger partial charge in [-0.15, -0.1) is 0 Å². The van der Waals surface area contributed by atoms with Crippen molar-refractivity contribution in [1.82, 2.24) is 10.9 Å². The highest BCUT2D eigenvalue weighted by molar-refractivity contribution is 9.10. The van der Waals surface area contributed by atoms with Crippen molar-refractivity contribution in [3.8, 4) is 5.75 Å². The first-order valence-electron chi connectivity index (χ1n) is 7.84. The van der Waals surface area contributed by atoms with Crippen molar-refractivity contribution >= 4 is 27.7 Å². The minimum absolute atomic E-state index is 0.0279. The maximum Gasteiger partial charge on any atom is 0.276 e. The Hall–Kier alpha value is -2.34. The molecule has 2 aromatic rings. The summed E-state index contributed by atoms with van der Waals surface area (Å²) in [5.41, 5.74) is 6.32. The van der Waals surface area contributed by atoms with Gasteiger partial charge in [0.25, 0.3) is 11.8 Å². The molecule has 6 heteroatoms. The van der Waals surface area contributed by atoms with Crippen molar-refractivity contribution in [2.45, 2.75) is 26.2 Å². The molecule has 0 atom stereocenters. The number of hydrogen-bond acceptors (Lipinski definition) is 3. The van der Waals surface area contributed by atoms with E-state index in [1.54, 1.807) is 24.3 Å². The van der Waals surface area contributed by atoms with Crippen LogP contribution in [0.5, 0.6) is 5.75 Å². The first kappa shape index (κ1) is 19.0. The van der Waals surface area contributed by atoms with E-state index in [9.17, 15) is 9.59 Å². The van der Waals surface area contributed by atoms with Gasteiger partial charge < -0.3 is 4.74 Å². The molecule has 0 heterocycles. The highest BCUT2D eigenvalue weighted by Gasteiger charge is 2.15. The van der Waals surface area contributed by atoms with Gasteiger partial charge in [0, 0.05) is 5.56 Å². The van der Waals surface area contributed by atoms with Gasteiger partial charge in [-0.05, 0) is 51.2 Å². The third kappa shape index (κ3) is 5.60. The fraction of sp³-hybridized carbons (Fsp3) is 0.263. The predicted molar refractivity (Wildman–Crippen MR) is 100 cm³/mol. The Kier molecular flexibility index (Phi) is 6.20. The van der Waals surface area contributed by atoms with E-state index in [0.717, 1.165) is 10.0 Å². The van der Waals surface area contributed by atoms with Crippen molar-refractivity contribution in [2.75, 3.05) is 6.61 Å². The van der Waals surface area contributed by atoms with Gasteiger partial charge in [-0.2, -0.15) is 0 Å². The second-order valence-electron chi connectivity index (χ2n) is 6.55. The van der Waals surface area contributed by atoms with Crippen LogP contribution in [0.4, 0.5) is 0 Å². The predicted octanol–water partition coefficient (Wildman–Crippen LogP) is 3.59. The first-order chi connectivity index (χ1) is 11.8. The van der Waals surface area contributed by atoms with Crippen LogP contribution < -0.4 is 15.6 Å². The number of benzene rings is 2. The van der Waals surface area contributed by atoms with Gasteiger partial charge in [-0.25, -0.2) is 0 Å². The number of halogens is 1. The van der Waals surface area contributed by atoms with Gasteiger partial charge >= 0.3 is 0 Å². The normalized spacial score (nSPS) is 10.9. The summed E-state index contributed by atoms with van der Waals surface area (Å²) in [6, 6.07) is 14.4. The van der Waals surface area contributed by atoms with Crippen LogP contribution in [0.15, 0.2) is 53.0 Å². The minimum Gasteiger partial charge on any atom is -0.483 e. The van der Waals surface area contributed by atoms with Gasteiger partial charge in [-0.3, -0.25) is 20.4 Å². The van der Waals surface area contributed by atoms with Crippen LogP contribution in [0.2, 0.25) is 0 Å². The van der Waals surface area contributed by atoms with E-state index < -0.39 is 5.91 Å². The van der Waals surface area contributed by atoms with Crippen molar-refractivity contribution < 1.29 is 14.3 Å². The molecule has 0 saturated heterocycles. The van der Waals surface area contributed by atoms with E-state index in [4.69, 9.17) is 4.74 Å². The zero-order valence-corrected chi connectivity index (χ0v) is 16.0. The Morgan fingerprint density at radius 3 is 2.32 bits per heavy atom. The molecule has 0 saturated carbocycles. The molecule has 0 aliphatic rings. The standard InChI is InChI=1S/C19H21BrN2O3/c1-19(2,3)14-9-10-16(15(20)11-14)25-12-17(23)21-22-18(24)13-7-5-4-6-8-13/h4-11H,12H2,1-3H3,(H,21,23)(H,22,24). The molecule has 0 unspecified atom stereocenters. The molecule has 132 valence electrons. The topological polar surface area (TPSA) is 67.4 Å². The quantitative estimate of drug-likeness (QED) is 0.765. The molecule has 0 aliphatic heterocycles. The highest BCUT2D eigenvalue weighted by Crippen LogP contribution is 2.31. The third-order valence-corrected chi connectivity index (χ3v) is 4.13. The minimum atomic E-state index is -0.448. The number of carbonyl (C=O) groups is 2. The summed E-state index contributed by atoms with van der Waals surface area (Å²) in [6.07, 6.45) is 0. The number of hydrogen-bond donors (Lipinski definition) is 2. The molecule has 5 nitrogen and oxygen atoms in total. The molecule has 0 aliphatic carbocycles. The number of carbonyl (C=O) groups excluding carboxylic acids is 2. The number of hydrazine groups is 1. The highest BCUT2D eigenvalue weighted by atomic mass is 79.9. The molecule has 0 radical (unpaired) electrons. The molecule has 0 bridgehead atoms. The van der Waals surface area contributed by atoms with Crippen molar-refractivity contribution in [1.29, 1.82) is 0 Å². The Balaban J connectivity index is 1.85. The lowest BCUT2D eigenvalue weighted by molar-refractivity contribution is -0.123. The van der Waals surface area contributed by atoms with E-state index in [1.807, 2.05) is 24.3 Å². The van der Waals surface area contributed by atoms with Crippen molar-refractivity contribution in [2.24, 2.45) is 0 Å². The lowest BCUT2D eigenvalue weighted by Gasteiger charge is -2.20. The molecule has 2 amide bonds. The summed E-state index contributed by atoms with van der Waals surface area (Å²) in [5.74, 6) is -0.265. The molecule has 0 fully saturated rings. The molecular weight excluding hydrogens is 384 g/mol. The van der Waals surface area contributed by atoms with Gasteiger partial charge in [-0.1, -0.05) is 45.0 Å². The molecule has 2 aromatic carbocycles. The fourth-order valence-corrected chi connectivity index (χ4v) is 2.55. The van der Waals surface area contributed by atoms with E-state index in [2.05, 4.69) is 47.6 Å². The third-order valence-electron chi connectivity index (χ3n) is 3.51. The second-order valence-corrected chi connectivity index (χ2v) is 7.41. The molecule has 0 aromatic heterocycles. The molecular formula is C19H21BrN2O3. The number of ether oxygens (including phenoxy) is 1. The van der Waals surface area contributed by atoms with Crippen LogP contribution in [0.25, 0.3) is 0 Å². The van der Waals surface area contributed by atoms with Gasteiger partial charge in [0.2, 0.25) is 0 Å². The number of amides is 2. The summed E-state index contributed by atoms with van der Waals surface area (Å²) >= 11 is 3.46.